The molecule has 35 heteroatoms. The van der Waals surface area contributed by atoms with Crippen molar-refractivity contribution in [2.24, 2.45) is 33.9 Å². The Morgan fingerprint density at radius 1 is 0.496 bits per heavy atom. The van der Waals surface area contributed by atoms with E-state index in [9.17, 15) is 33.0 Å². The molecule has 3 fully saturated rings. The number of benzene rings is 4. The van der Waals surface area contributed by atoms with Gasteiger partial charge in [-0.1, -0.05) is 138 Å². The number of aryl methyl sites for hydroxylation is 4. The minimum absolute atomic E-state index is 0. The van der Waals surface area contributed by atoms with Gasteiger partial charge in [0, 0.05) is 190 Å². The van der Waals surface area contributed by atoms with Gasteiger partial charge in [0.1, 0.15) is 22.6 Å². The van der Waals surface area contributed by atoms with Crippen molar-refractivity contribution in [2.45, 2.75) is 88.2 Å². The summed E-state index contributed by atoms with van der Waals surface area (Å²) in [6, 6.07) is 36.9. The molecule has 1 unspecified atom stereocenters. The summed E-state index contributed by atoms with van der Waals surface area (Å²) in [5.74, 6) is 1.02. The van der Waals surface area contributed by atoms with Crippen LogP contribution >= 0.6 is 58.2 Å². The number of carbonyl (C=O) groups excluding carboxylic acids is 2. The zero-order valence-electron chi connectivity index (χ0n) is 64.3. The van der Waals surface area contributed by atoms with E-state index < -0.39 is 10.8 Å². The Kier molecular flexibility index (Phi) is 34.3. The van der Waals surface area contributed by atoms with E-state index in [4.69, 9.17) is 61.6 Å². The standard InChI is InChI=1S/C22H24ClN5O3.C19H20ClN5O.C15H12ClN3O2S.C15H12ClN3OS.C8H16N2O2.CH4.K.H2O/c1-3-31-22(30)28-10-8-15(9-11-28)25-21-24-13-14-12-17(16-6-4-5-7-18(16)23)20(29)27(2)19(14)26-21;1-25-17-12(10-15(18(25)26)14-4-2-3-5-16(14)20)11-22-19(24-17)23-13-6-8-21-9-7-13;1-19-13-9(8-17-15(18-13)22(2)21)7-11(14(19)20)10-5-3-4-6-12(10)16;1-19-13-9(8-17-15(18-13)21-2)7-11(14(19)20)10-5-3-4-6-12(10)16;1-2-12-8(11)10-5-3-7(9)4-6-10;;;/h4-7,12-13,15H,3,8-11H2,1-2H3,(H,24,25,26);2-5,10-11,13,21H,6-9H2,1H3,(H,22,23,24);3-8H,1-2H3;3-8H,1-2H3;7H,2-6,9H2,1H3;1H4;;1H2/q;;;;;;+1;/p-1. The van der Waals surface area contributed by atoms with E-state index in [0.717, 1.165) is 86.4 Å². The number of aromatic nitrogens is 12. The second-order valence-electron chi connectivity index (χ2n) is 26.4. The molecule has 115 heavy (non-hydrogen) atoms. The van der Waals surface area contributed by atoms with Crippen molar-refractivity contribution in [1.82, 2.24) is 73.3 Å². The van der Waals surface area contributed by atoms with E-state index >= 15 is 0 Å². The zero-order chi connectivity index (χ0) is 79.9. The Bertz CT molecular complexity index is 5730. The summed E-state index contributed by atoms with van der Waals surface area (Å²) in [5.41, 5.74) is 12.1. The van der Waals surface area contributed by atoms with Gasteiger partial charge in [-0.3, -0.25) is 41.7 Å². The van der Waals surface area contributed by atoms with Gasteiger partial charge >= 0.3 is 63.6 Å². The number of halogens is 4. The maximum atomic E-state index is 13.0. The summed E-state index contributed by atoms with van der Waals surface area (Å²) in [5, 5.41) is 16.1. The van der Waals surface area contributed by atoms with Gasteiger partial charge in [0.25, 0.3) is 22.2 Å². The van der Waals surface area contributed by atoms with Gasteiger partial charge in [-0.15, -0.1) is 0 Å². The van der Waals surface area contributed by atoms with Gasteiger partial charge < -0.3 is 46.4 Å². The molecule has 3 aliphatic rings. The maximum Gasteiger partial charge on any atom is 1.00 e. The second-order valence-corrected chi connectivity index (χ2v) is 30.0. The Morgan fingerprint density at radius 2 is 0.809 bits per heavy atom. The molecule has 6 N–H and O–H groups in total. The van der Waals surface area contributed by atoms with Crippen LogP contribution in [0.2, 0.25) is 20.1 Å². The molecule has 1 atom stereocenters. The van der Waals surface area contributed by atoms with Crippen LogP contribution in [0.4, 0.5) is 21.5 Å². The number of nitrogens with two attached hydrogens (primary N) is 1. The van der Waals surface area contributed by atoms with Gasteiger partial charge in [-0.25, -0.2) is 39.5 Å². The van der Waals surface area contributed by atoms with Crippen LogP contribution in [0.1, 0.15) is 59.8 Å². The summed E-state index contributed by atoms with van der Waals surface area (Å²) >= 11 is 26.4. The summed E-state index contributed by atoms with van der Waals surface area (Å²) < 4.78 is 27.5. The van der Waals surface area contributed by atoms with E-state index in [0.29, 0.717) is 136 Å². The molecular formula is C80H89Cl4KN18O10S2. The molecule has 2 amide bonds. The number of ether oxygens (including phenoxy) is 2. The first-order valence-corrected chi connectivity index (χ1v) is 40.4. The van der Waals surface area contributed by atoms with Crippen LogP contribution in [0.25, 0.3) is 88.6 Å². The first kappa shape index (κ1) is 91.9. The SMILES string of the molecule is C.CCOC(=O)N1CCC(N)CC1.CCOC(=O)N1CCC(Nc2ncc3cc(-c4ccccc4Cl)c(=O)n(C)c3n2)CC1.CSc1ncc2cc(-c3ccccc3Cl)c(=O)n(C)c2n1.Cn1c(=O)c(-c2ccccc2Cl)cc2cnc(NC3CCNCC3)nc21.Cn1c(=O)c(-c2ccccc2Cl)cc2cnc(S(C)=O)nc21.[K+].[OH-]. The molecule has 0 radical (unpaired) electrons. The first-order chi connectivity index (χ1) is 53.9. The van der Waals surface area contributed by atoms with Gasteiger partial charge in [0.05, 0.1) is 24.0 Å². The predicted octanol–water partition coefficient (Wildman–Crippen LogP) is 10.3. The third-order valence-electron chi connectivity index (χ3n) is 18.9. The number of amides is 2. The largest absolute Gasteiger partial charge is 1.00 e. The van der Waals surface area contributed by atoms with E-state index in [1.54, 1.807) is 123 Å². The number of hydrogen-bond acceptors (Lipinski definition) is 23. The van der Waals surface area contributed by atoms with Crippen LogP contribution < -0.4 is 95.3 Å². The van der Waals surface area contributed by atoms with E-state index in [1.807, 2.05) is 86.0 Å². The third-order valence-corrected chi connectivity index (χ3v) is 21.5. The Balaban J connectivity index is 0.000000183. The molecule has 0 aliphatic carbocycles. The number of thioether (sulfide) groups is 1. The Hall–Kier alpha value is -8.64. The molecule has 28 nitrogen and oxygen atoms in total. The predicted molar refractivity (Wildman–Crippen MR) is 454 cm³/mol. The van der Waals surface area contributed by atoms with E-state index in [2.05, 4.69) is 55.8 Å². The van der Waals surface area contributed by atoms with Gasteiger partial charge in [-0.05, 0) is 120 Å². The molecular weight excluding hydrogens is 1620 g/mol. The minimum Gasteiger partial charge on any atom is -0.870 e. The van der Waals surface area contributed by atoms with Crippen molar-refractivity contribution in [3.8, 4) is 44.5 Å². The topological polar surface area (TPSA) is 359 Å². The van der Waals surface area contributed by atoms with Crippen molar-refractivity contribution in [2.75, 3.05) is 75.6 Å². The van der Waals surface area contributed by atoms with Crippen LogP contribution in [0.15, 0.2) is 176 Å². The quantitative estimate of drug-likeness (QED) is 0.0501. The molecule has 0 spiro atoms. The average Bonchev–Trinajstić information content (AvgIpc) is 0.780. The van der Waals surface area contributed by atoms with Crippen molar-refractivity contribution in [3.63, 3.8) is 0 Å². The number of carbonyl (C=O) groups is 2. The molecule has 12 aromatic rings. The summed E-state index contributed by atoms with van der Waals surface area (Å²) in [7, 11) is 5.45. The third kappa shape index (κ3) is 22.6. The number of rotatable bonds is 12. The summed E-state index contributed by atoms with van der Waals surface area (Å²) in [6.45, 7) is 9.12. The number of anilines is 2. The van der Waals surface area contributed by atoms with Crippen molar-refractivity contribution in [3.05, 3.63) is 208 Å². The summed E-state index contributed by atoms with van der Waals surface area (Å²) in [4.78, 5) is 112. The minimum atomic E-state index is -1.30. The molecule has 0 bridgehead atoms. The fourth-order valence-corrected chi connectivity index (χ4v) is 14.6. The first-order valence-electron chi connectivity index (χ1n) is 36.1. The van der Waals surface area contributed by atoms with Gasteiger partial charge in [0.2, 0.25) is 17.1 Å². The number of likely N-dealkylation sites (tertiary alicyclic amines) is 2. The van der Waals surface area contributed by atoms with Gasteiger partial charge in [0.15, 0.2) is 5.16 Å². The van der Waals surface area contributed by atoms with Crippen LogP contribution in [0, 0.1) is 0 Å². The van der Waals surface area contributed by atoms with Crippen LogP contribution in [0.3, 0.4) is 0 Å². The normalized spacial score (nSPS) is 13.8. The molecule has 3 aliphatic heterocycles. The Morgan fingerprint density at radius 3 is 1.15 bits per heavy atom. The fourth-order valence-electron chi connectivity index (χ4n) is 12.9. The number of nitrogens with one attached hydrogen (secondary N) is 3. The summed E-state index contributed by atoms with van der Waals surface area (Å²) in [6.07, 6.45) is 15.1. The number of pyridine rings is 4. The number of hydrogen-bond donors (Lipinski definition) is 4. The second kappa shape index (κ2) is 43.0. The number of piperidine rings is 3. The van der Waals surface area contributed by atoms with Gasteiger partial charge in [-0.2, -0.15) is 9.97 Å². The number of nitrogens with zero attached hydrogens (tertiary/aromatic N) is 14. The van der Waals surface area contributed by atoms with Crippen molar-refractivity contribution >= 4 is 137 Å². The molecule has 15 rings (SSSR count). The van der Waals surface area contributed by atoms with Crippen molar-refractivity contribution in [1.29, 1.82) is 0 Å². The smallest absolute Gasteiger partial charge is 0.870 e. The maximum absolute atomic E-state index is 13.0. The molecule has 8 aromatic heterocycles. The molecule has 11 heterocycles. The monoisotopic (exact) mass is 1700 g/mol. The molecule has 0 saturated carbocycles. The fraction of sp³-hybridized carbons (Fsp3) is 0.325. The average molecular weight is 1710 g/mol. The number of fused-ring (bicyclic) bond motifs is 4. The van der Waals surface area contributed by atoms with E-state index in [1.165, 1.54) is 31.7 Å². The van der Waals surface area contributed by atoms with Crippen LogP contribution in [0.5, 0.6) is 0 Å². The Labute approximate surface area is 733 Å². The van der Waals surface area contributed by atoms with E-state index in [-0.39, 0.29) is 116 Å². The molecule has 3 saturated heterocycles. The molecule has 600 valence electrons. The molecule has 4 aromatic carbocycles. The zero-order valence-corrected chi connectivity index (χ0v) is 72.1. The van der Waals surface area contributed by atoms with Crippen LogP contribution in [-0.2, 0) is 48.5 Å². The van der Waals surface area contributed by atoms with Crippen molar-refractivity contribution < 1.29 is 80.1 Å². The van der Waals surface area contributed by atoms with Crippen LogP contribution in [-0.4, -0.2) is 173 Å².